The number of phenolic OH excluding ortho intramolecular Hbond substituents is 1. The average Bonchev–Trinajstić information content (AvgIpc) is 3.09. The van der Waals surface area contributed by atoms with Crippen LogP contribution in [0, 0.1) is 0 Å². The molecule has 1 aliphatic heterocycles. The highest BCUT2D eigenvalue weighted by molar-refractivity contribution is 5.97. The van der Waals surface area contributed by atoms with Crippen LogP contribution in [-0.4, -0.2) is 62.0 Å². The summed E-state index contributed by atoms with van der Waals surface area (Å²) >= 11 is 0. The maximum absolute atomic E-state index is 13.2. The molecule has 0 amide bonds. The number of rotatable bonds is 5. The number of anilines is 1. The highest BCUT2D eigenvalue weighted by atomic mass is 19.3. The Morgan fingerprint density at radius 3 is 2.71 bits per heavy atom. The van der Waals surface area contributed by atoms with Gasteiger partial charge in [0.05, 0.1) is 0 Å². The first-order chi connectivity index (χ1) is 13.4. The standard InChI is InChI=1S/C17H19F3N6O2/c18-9-3-6-25(7-4-9)8-5-12-22-15-10-1-2-11(28-16(19)20)14(27)13(10)23-17(21)26(15)24-12/h1-2,9,16,27H,3-8H2,(H2,21,23). The second kappa shape index (κ2) is 7.30. The first-order valence-electron chi connectivity index (χ1n) is 8.90. The van der Waals surface area contributed by atoms with Crippen LogP contribution in [0.15, 0.2) is 12.1 Å². The molecule has 1 fully saturated rings. The number of piperidine rings is 1. The van der Waals surface area contributed by atoms with Gasteiger partial charge < -0.3 is 20.5 Å². The highest BCUT2D eigenvalue weighted by Gasteiger charge is 2.20. The minimum atomic E-state index is -3.08. The van der Waals surface area contributed by atoms with Crippen LogP contribution < -0.4 is 10.5 Å². The number of aromatic hydroxyl groups is 1. The Balaban J connectivity index is 1.63. The Kier molecular flexibility index (Phi) is 4.84. The summed E-state index contributed by atoms with van der Waals surface area (Å²) in [6.07, 6.45) is 0.872. The van der Waals surface area contributed by atoms with Crippen LogP contribution >= 0.6 is 0 Å². The van der Waals surface area contributed by atoms with E-state index >= 15 is 0 Å². The Hall–Kier alpha value is -2.82. The number of nitrogens with two attached hydrogens (primary N) is 1. The molecule has 1 aromatic carbocycles. The molecule has 0 bridgehead atoms. The van der Waals surface area contributed by atoms with Gasteiger partial charge in [-0.15, -0.1) is 5.10 Å². The molecule has 28 heavy (non-hydrogen) atoms. The molecule has 4 rings (SSSR count). The number of hydrogen-bond acceptors (Lipinski definition) is 7. The fraction of sp³-hybridized carbons (Fsp3) is 0.471. The van der Waals surface area contributed by atoms with E-state index in [1.807, 2.05) is 0 Å². The molecule has 3 aromatic rings. The third kappa shape index (κ3) is 3.49. The number of nitrogens with zero attached hydrogens (tertiary/aromatic N) is 5. The molecule has 150 valence electrons. The van der Waals surface area contributed by atoms with Gasteiger partial charge in [-0.05, 0) is 25.0 Å². The summed E-state index contributed by atoms with van der Waals surface area (Å²) in [5, 5.41) is 15.0. The van der Waals surface area contributed by atoms with E-state index in [0.717, 1.165) is 0 Å². The number of ether oxygens (including phenoxy) is 1. The van der Waals surface area contributed by atoms with E-state index < -0.39 is 24.3 Å². The lowest BCUT2D eigenvalue weighted by atomic mass is 10.1. The lowest BCUT2D eigenvalue weighted by molar-refractivity contribution is -0.0511. The number of hydrogen-bond donors (Lipinski definition) is 2. The Morgan fingerprint density at radius 2 is 2.00 bits per heavy atom. The highest BCUT2D eigenvalue weighted by Crippen LogP contribution is 2.36. The van der Waals surface area contributed by atoms with Crippen molar-refractivity contribution < 1.29 is 23.0 Å². The zero-order chi connectivity index (χ0) is 19.8. The van der Waals surface area contributed by atoms with Crippen molar-refractivity contribution in [2.45, 2.75) is 32.0 Å². The summed E-state index contributed by atoms with van der Waals surface area (Å²) in [6.45, 7) is -0.997. The average molecular weight is 396 g/mol. The number of alkyl halides is 3. The number of fused-ring (bicyclic) bond motifs is 3. The molecule has 0 unspecified atom stereocenters. The summed E-state index contributed by atoms with van der Waals surface area (Å²) in [4.78, 5) is 10.7. The minimum absolute atomic E-state index is 0.00659. The Labute approximate surface area is 157 Å². The maximum Gasteiger partial charge on any atom is 0.387 e. The molecule has 0 aliphatic carbocycles. The van der Waals surface area contributed by atoms with Crippen LogP contribution in [0.4, 0.5) is 19.1 Å². The molecule has 1 aliphatic rings. The van der Waals surface area contributed by atoms with Gasteiger partial charge in [0.2, 0.25) is 5.95 Å². The molecule has 3 heterocycles. The van der Waals surface area contributed by atoms with Crippen LogP contribution in [0.3, 0.4) is 0 Å². The molecule has 11 heteroatoms. The predicted octanol–water partition coefficient (Wildman–Crippen LogP) is 2.14. The van der Waals surface area contributed by atoms with Crippen molar-refractivity contribution in [3.8, 4) is 11.5 Å². The molecule has 0 saturated carbocycles. The molecule has 1 saturated heterocycles. The smallest absolute Gasteiger partial charge is 0.387 e. The van der Waals surface area contributed by atoms with E-state index in [4.69, 9.17) is 5.73 Å². The van der Waals surface area contributed by atoms with E-state index in [2.05, 4.69) is 24.7 Å². The minimum Gasteiger partial charge on any atom is -0.503 e. The van der Waals surface area contributed by atoms with Gasteiger partial charge in [0.1, 0.15) is 11.7 Å². The van der Waals surface area contributed by atoms with Crippen molar-refractivity contribution in [2.24, 2.45) is 0 Å². The van der Waals surface area contributed by atoms with E-state index in [9.17, 15) is 18.3 Å². The fourth-order valence-electron chi connectivity index (χ4n) is 3.39. The summed E-state index contributed by atoms with van der Waals surface area (Å²) in [7, 11) is 0. The topological polar surface area (TPSA) is 102 Å². The molecular formula is C17H19F3N6O2. The van der Waals surface area contributed by atoms with E-state index in [1.165, 1.54) is 16.6 Å². The van der Waals surface area contributed by atoms with Crippen molar-refractivity contribution in [3.05, 3.63) is 18.0 Å². The molecule has 2 aromatic heterocycles. The van der Waals surface area contributed by atoms with E-state index in [1.54, 1.807) is 0 Å². The zero-order valence-electron chi connectivity index (χ0n) is 14.9. The molecular weight excluding hydrogens is 377 g/mol. The molecule has 8 nitrogen and oxygen atoms in total. The van der Waals surface area contributed by atoms with Crippen molar-refractivity contribution >= 4 is 22.5 Å². The van der Waals surface area contributed by atoms with Crippen LogP contribution in [-0.2, 0) is 6.42 Å². The predicted molar refractivity (Wildman–Crippen MR) is 95.3 cm³/mol. The third-order valence-electron chi connectivity index (χ3n) is 4.83. The van der Waals surface area contributed by atoms with Gasteiger partial charge >= 0.3 is 6.61 Å². The molecule has 0 radical (unpaired) electrons. The largest absolute Gasteiger partial charge is 0.503 e. The number of likely N-dealkylation sites (tertiary alicyclic amines) is 1. The number of nitrogen functional groups attached to an aromatic ring is 1. The number of benzene rings is 1. The van der Waals surface area contributed by atoms with Gasteiger partial charge in [0.15, 0.2) is 23.0 Å². The first-order valence-corrected chi connectivity index (χ1v) is 8.90. The lowest BCUT2D eigenvalue weighted by Crippen LogP contribution is -2.35. The van der Waals surface area contributed by atoms with Crippen LogP contribution in [0.2, 0.25) is 0 Å². The second-order valence-electron chi connectivity index (χ2n) is 6.69. The Morgan fingerprint density at radius 1 is 1.25 bits per heavy atom. The van der Waals surface area contributed by atoms with Gasteiger partial charge in [-0.2, -0.15) is 13.3 Å². The van der Waals surface area contributed by atoms with Gasteiger partial charge in [0.25, 0.3) is 0 Å². The summed E-state index contributed by atoms with van der Waals surface area (Å²) in [5.74, 6) is -0.444. The molecule has 3 N–H and O–H groups in total. The van der Waals surface area contributed by atoms with Gasteiger partial charge in [-0.3, -0.25) is 0 Å². The van der Waals surface area contributed by atoms with Gasteiger partial charge in [-0.1, -0.05) is 0 Å². The second-order valence-corrected chi connectivity index (χ2v) is 6.69. The lowest BCUT2D eigenvalue weighted by Gasteiger charge is -2.27. The van der Waals surface area contributed by atoms with Crippen molar-refractivity contribution in [3.63, 3.8) is 0 Å². The third-order valence-corrected chi connectivity index (χ3v) is 4.83. The molecule has 0 atom stereocenters. The van der Waals surface area contributed by atoms with Crippen LogP contribution in [0.1, 0.15) is 18.7 Å². The summed E-state index contributed by atoms with van der Waals surface area (Å²) in [5.41, 5.74) is 6.27. The fourth-order valence-corrected chi connectivity index (χ4v) is 3.39. The number of aromatic nitrogens is 4. The SMILES string of the molecule is Nc1nc2c(O)c(OC(F)F)ccc2c2nc(CCN3CCC(F)CC3)nn12. The summed E-state index contributed by atoms with van der Waals surface area (Å²) < 4.78 is 43.8. The van der Waals surface area contributed by atoms with Crippen molar-refractivity contribution in [1.29, 1.82) is 0 Å². The monoisotopic (exact) mass is 396 g/mol. The quantitative estimate of drug-likeness (QED) is 0.681. The van der Waals surface area contributed by atoms with Gasteiger partial charge in [-0.25, -0.2) is 14.4 Å². The Bertz CT molecular complexity index is 1000. The molecule has 0 spiro atoms. The zero-order valence-corrected chi connectivity index (χ0v) is 14.9. The number of phenols is 1. The normalized spacial score (nSPS) is 16.4. The van der Waals surface area contributed by atoms with E-state index in [-0.39, 0.29) is 11.5 Å². The van der Waals surface area contributed by atoms with Crippen LogP contribution in [0.5, 0.6) is 11.5 Å². The van der Waals surface area contributed by atoms with Crippen LogP contribution in [0.25, 0.3) is 16.6 Å². The van der Waals surface area contributed by atoms with Crippen molar-refractivity contribution in [2.75, 3.05) is 25.4 Å². The first kappa shape index (κ1) is 18.5. The van der Waals surface area contributed by atoms with E-state index in [0.29, 0.717) is 55.8 Å². The van der Waals surface area contributed by atoms with Gasteiger partial charge in [0, 0.05) is 31.4 Å². The maximum atomic E-state index is 13.2. The summed E-state index contributed by atoms with van der Waals surface area (Å²) in [6, 6.07) is 2.69. The van der Waals surface area contributed by atoms with Crippen molar-refractivity contribution in [1.82, 2.24) is 24.5 Å². The number of halogens is 3.